The summed E-state index contributed by atoms with van der Waals surface area (Å²) >= 11 is 0. The summed E-state index contributed by atoms with van der Waals surface area (Å²) in [5, 5.41) is 3.68. The minimum atomic E-state index is -4.62. The number of aryl methyl sites for hydroxylation is 1. The zero-order chi connectivity index (χ0) is 24.1. The van der Waals surface area contributed by atoms with Crippen molar-refractivity contribution in [1.29, 1.82) is 0 Å². The number of imidazole rings is 1. The fourth-order valence-corrected chi connectivity index (χ4v) is 3.98. The number of hydrogen-bond donors (Lipinski definition) is 0. The summed E-state index contributed by atoms with van der Waals surface area (Å²) in [7, 11) is -0.0566. The highest BCUT2D eigenvalue weighted by molar-refractivity contribution is 7.85. The van der Waals surface area contributed by atoms with Gasteiger partial charge in [0.2, 0.25) is 0 Å². The highest BCUT2D eigenvalue weighted by Gasteiger charge is 2.33. The number of halogens is 6. The van der Waals surface area contributed by atoms with Crippen LogP contribution in [0.15, 0.2) is 41.7 Å². The van der Waals surface area contributed by atoms with Crippen molar-refractivity contribution in [2.75, 3.05) is 5.75 Å². The molecule has 0 saturated heterocycles. The van der Waals surface area contributed by atoms with Crippen molar-refractivity contribution in [3.05, 3.63) is 47.9 Å². The summed E-state index contributed by atoms with van der Waals surface area (Å²) in [4.78, 5) is 12.6. The topological polar surface area (TPSA) is 78.5 Å². The second kappa shape index (κ2) is 7.93. The number of nitrogens with zero attached hydrogens (tertiary/aromatic N) is 6. The van der Waals surface area contributed by atoms with Gasteiger partial charge in [0.25, 0.3) is 0 Å². The fourth-order valence-electron chi connectivity index (χ4n) is 3.10. The molecule has 4 rings (SSSR count). The van der Waals surface area contributed by atoms with Crippen LogP contribution in [0.3, 0.4) is 0 Å². The smallest absolute Gasteiger partial charge is 0.310 e. The van der Waals surface area contributed by atoms with Gasteiger partial charge in [-0.1, -0.05) is 6.92 Å². The normalized spacial score (nSPS) is 13.6. The number of fused-ring (bicyclic) bond motifs is 1. The molecule has 0 aliphatic carbocycles. The zero-order valence-electron chi connectivity index (χ0n) is 16.9. The van der Waals surface area contributed by atoms with Crippen molar-refractivity contribution in [3.8, 4) is 17.3 Å². The van der Waals surface area contributed by atoms with Gasteiger partial charge >= 0.3 is 12.4 Å². The van der Waals surface area contributed by atoms with E-state index in [-0.39, 0.29) is 39.1 Å². The molecule has 0 bridgehead atoms. The number of aromatic nitrogens is 6. The maximum absolute atomic E-state index is 13.1. The van der Waals surface area contributed by atoms with Gasteiger partial charge in [-0.2, -0.15) is 31.4 Å². The highest BCUT2D eigenvalue weighted by Crippen LogP contribution is 2.33. The predicted octanol–water partition coefficient (Wildman–Crippen LogP) is 4.38. The molecule has 4 aromatic heterocycles. The van der Waals surface area contributed by atoms with Crippen molar-refractivity contribution >= 4 is 22.0 Å². The van der Waals surface area contributed by atoms with Crippen LogP contribution in [0.1, 0.15) is 18.1 Å². The van der Waals surface area contributed by atoms with E-state index < -0.39 is 34.3 Å². The molecule has 0 aliphatic heterocycles. The van der Waals surface area contributed by atoms with E-state index in [0.717, 1.165) is 16.9 Å². The first-order valence-electron chi connectivity index (χ1n) is 9.32. The molecule has 4 heterocycles. The Bertz CT molecular complexity index is 1370. The molecule has 0 aromatic carbocycles. The molecule has 1 atom stereocenters. The standard InChI is InChI=1S/C19H14F6N6OS/c1-3-33(32)13-4-5-14(31-9-11(8-27-31)19(23,24)25)29-15(13)17-28-12-6-10(18(20,21)22)7-26-16(12)30(17)2/h4-9H,3H2,1-2H3. The molecule has 4 aromatic rings. The van der Waals surface area contributed by atoms with Gasteiger partial charge in [0.1, 0.15) is 11.2 Å². The van der Waals surface area contributed by atoms with E-state index in [9.17, 15) is 30.6 Å². The largest absolute Gasteiger partial charge is 0.419 e. The van der Waals surface area contributed by atoms with Crippen molar-refractivity contribution in [3.63, 3.8) is 0 Å². The quantitative estimate of drug-likeness (QED) is 0.399. The lowest BCUT2D eigenvalue weighted by atomic mass is 10.2. The van der Waals surface area contributed by atoms with Gasteiger partial charge in [-0.15, -0.1) is 0 Å². The molecule has 33 heavy (non-hydrogen) atoms. The second-order valence-corrected chi connectivity index (χ2v) is 8.59. The Balaban J connectivity index is 1.90. The summed E-state index contributed by atoms with van der Waals surface area (Å²) < 4.78 is 92.9. The maximum atomic E-state index is 13.1. The summed E-state index contributed by atoms with van der Waals surface area (Å²) in [6, 6.07) is 3.59. The Morgan fingerprint density at radius 3 is 2.30 bits per heavy atom. The van der Waals surface area contributed by atoms with Gasteiger partial charge in [-0.25, -0.2) is 19.6 Å². The number of rotatable bonds is 4. The molecule has 0 amide bonds. The van der Waals surface area contributed by atoms with Crippen molar-refractivity contribution in [1.82, 2.24) is 29.3 Å². The van der Waals surface area contributed by atoms with Crippen LogP contribution < -0.4 is 0 Å². The van der Waals surface area contributed by atoms with E-state index in [4.69, 9.17) is 0 Å². The molecule has 14 heteroatoms. The van der Waals surface area contributed by atoms with Crippen molar-refractivity contribution in [2.45, 2.75) is 24.2 Å². The molecule has 0 aliphatic rings. The minimum Gasteiger partial charge on any atom is -0.310 e. The van der Waals surface area contributed by atoms with Crippen LogP contribution >= 0.6 is 0 Å². The first kappa shape index (κ1) is 22.9. The lowest BCUT2D eigenvalue weighted by Gasteiger charge is -2.10. The van der Waals surface area contributed by atoms with E-state index in [1.54, 1.807) is 6.92 Å². The van der Waals surface area contributed by atoms with Crippen LogP contribution in [0.5, 0.6) is 0 Å². The third kappa shape index (κ3) is 4.21. The number of pyridine rings is 2. The lowest BCUT2D eigenvalue weighted by Crippen LogP contribution is -2.07. The fraction of sp³-hybridized carbons (Fsp3) is 0.263. The Hall–Kier alpha value is -3.29. The zero-order valence-corrected chi connectivity index (χ0v) is 17.8. The molecule has 0 N–H and O–H groups in total. The predicted molar refractivity (Wildman–Crippen MR) is 106 cm³/mol. The van der Waals surface area contributed by atoms with Gasteiger partial charge in [0.15, 0.2) is 17.3 Å². The summed E-state index contributed by atoms with van der Waals surface area (Å²) in [5.74, 6) is 0.237. The highest BCUT2D eigenvalue weighted by atomic mass is 32.2. The van der Waals surface area contributed by atoms with Crippen LogP contribution in [0, 0.1) is 0 Å². The number of alkyl halides is 6. The Kier molecular flexibility index (Phi) is 5.50. The SMILES string of the molecule is CCS(=O)c1ccc(-n2cc(C(F)(F)F)cn2)nc1-c1nc2cc(C(F)(F)F)cnc2n1C. The first-order valence-corrected chi connectivity index (χ1v) is 10.6. The van der Waals surface area contributed by atoms with E-state index >= 15 is 0 Å². The van der Waals surface area contributed by atoms with Gasteiger partial charge in [-0.3, -0.25) is 4.21 Å². The molecule has 0 saturated carbocycles. The molecule has 0 radical (unpaired) electrons. The van der Waals surface area contributed by atoms with E-state index in [1.807, 2.05) is 0 Å². The van der Waals surface area contributed by atoms with Crippen LogP contribution in [0.2, 0.25) is 0 Å². The van der Waals surface area contributed by atoms with Crippen molar-refractivity contribution < 1.29 is 30.6 Å². The average Bonchev–Trinajstić information content (AvgIpc) is 3.37. The third-order valence-corrected chi connectivity index (χ3v) is 6.09. The molecular weight excluding hydrogens is 474 g/mol. The maximum Gasteiger partial charge on any atom is 0.419 e. The molecule has 1 unspecified atom stereocenters. The van der Waals surface area contributed by atoms with E-state index in [0.29, 0.717) is 12.4 Å². The Morgan fingerprint density at radius 2 is 1.70 bits per heavy atom. The van der Waals surface area contributed by atoms with Gasteiger partial charge in [0.05, 0.1) is 33.0 Å². The van der Waals surface area contributed by atoms with Gasteiger partial charge in [0, 0.05) is 25.2 Å². The second-order valence-electron chi connectivity index (χ2n) is 6.88. The molecule has 174 valence electrons. The molecule has 0 fully saturated rings. The molecule has 0 spiro atoms. The minimum absolute atomic E-state index is 0.0200. The average molecular weight is 488 g/mol. The Morgan fingerprint density at radius 1 is 1.00 bits per heavy atom. The summed E-state index contributed by atoms with van der Waals surface area (Å²) in [5.41, 5.74) is -1.89. The lowest BCUT2D eigenvalue weighted by molar-refractivity contribution is -0.138. The van der Waals surface area contributed by atoms with Crippen LogP contribution in [-0.2, 0) is 30.2 Å². The van der Waals surface area contributed by atoms with E-state index in [2.05, 4.69) is 20.1 Å². The van der Waals surface area contributed by atoms with Crippen LogP contribution in [-0.4, -0.2) is 39.3 Å². The van der Waals surface area contributed by atoms with Gasteiger partial charge < -0.3 is 4.57 Å². The molecule has 7 nitrogen and oxygen atoms in total. The Labute approximate surface area is 184 Å². The van der Waals surface area contributed by atoms with Crippen molar-refractivity contribution in [2.24, 2.45) is 7.05 Å². The molecular formula is C19H14F6N6OS. The number of hydrogen-bond acceptors (Lipinski definition) is 5. The summed E-state index contributed by atoms with van der Waals surface area (Å²) in [6.07, 6.45) is -7.18. The summed E-state index contributed by atoms with van der Waals surface area (Å²) in [6.45, 7) is 1.66. The van der Waals surface area contributed by atoms with Crippen LogP contribution in [0.4, 0.5) is 26.3 Å². The first-order chi connectivity index (χ1) is 15.4. The van der Waals surface area contributed by atoms with E-state index in [1.165, 1.54) is 23.7 Å². The van der Waals surface area contributed by atoms with Crippen LogP contribution in [0.25, 0.3) is 28.5 Å². The van der Waals surface area contributed by atoms with Gasteiger partial charge in [-0.05, 0) is 18.2 Å². The third-order valence-electron chi connectivity index (χ3n) is 4.74. The monoisotopic (exact) mass is 488 g/mol.